The van der Waals surface area contributed by atoms with E-state index in [-0.39, 0.29) is 0 Å². The van der Waals surface area contributed by atoms with E-state index in [2.05, 4.69) is 41.5 Å². The SMILES string of the molecule is CCCCCCCCCCCCCCCCCCCCCCC(CCCCCCCCCCCCCCCCCCCCCC)CCCCC(CC)(CC)CCCCC(CCCCCCCCCCCCCCCCCCCCCC)CCCCCCCCCCCCCCCCCCCCCC. The summed E-state index contributed by atoms with van der Waals surface area (Å²) in [6, 6.07) is 0. The van der Waals surface area contributed by atoms with Gasteiger partial charge in [-0.3, -0.25) is 0 Å². The Balaban J connectivity index is 4.97. The van der Waals surface area contributed by atoms with E-state index >= 15 is 0 Å². The summed E-state index contributed by atoms with van der Waals surface area (Å²) in [5, 5.41) is 0. The molecule has 0 heterocycles. The summed E-state index contributed by atoms with van der Waals surface area (Å²) in [5.74, 6) is 2.00. The fraction of sp³-hybridized carbons (Fsp3) is 1.00. The Hall–Kier alpha value is 0. The van der Waals surface area contributed by atoms with E-state index in [0.717, 1.165) is 11.8 Å². The minimum atomic E-state index is 0.601. The molecule has 0 atom stereocenters. The lowest BCUT2D eigenvalue weighted by Crippen LogP contribution is -2.19. The molecule has 620 valence electrons. The summed E-state index contributed by atoms with van der Waals surface area (Å²) in [6.45, 7) is 14.5. The van der Waals surface area contributed by atoms with Crippen molar-refractivity contribution < 1.29 is 0 Å². The van der Waals surface area contributed by atoms with Crippen LogP contribution in [0.3, 0.4) is 0 Å². The summed E-state index contributed by atoms with van der Waals surface area (Å²) < 4.78 is 0. The molecule has 0 amide bonds. The first-order valence-electron chi connectivity index (χ1n) is 51.1. The highest BCUT2D eigenvalue weighted by Crippen LogP contribution is 2.40. The van der Waals surface area contributed by atoms with Crippen LogP contribution in [0.15, 0.2) is 0 Å². The monoisotopic (exact) mass is 1450 g/mol. The van der Waals surface area contributed by atoms with Gasteiger partial charge in [-0.25, -0.2) is 0 Å². The molecule has 0 unspecified atom stereocenters. The smallest absolute Gasteiger partial charge is 0.0303 e. The maximum Gasteiger partial charge on any atom is -0.0303 e. The zero-order valence-electron chi connectivity index (χ0n) is 74.1. The Labute approximate surface area is 658 Å². The van der Waals surface area contributed by atoms with Crippen molar-refractivity contribution >= 4 is 0 Å². The molecule has 0 aliphatic rings. The van der Waals surface area contributed by atoms with Crippen molar-refractivity contribution in [1.82, 2.24) is 0 Å². The molecule has 0 aromatic heterocycles. The number of unbranched alkanes of at least 4 members (excludes halogenated alkanes) is 78. The zero-order valence-corrected chi connectivity index (χ0v) is 74.1. The van der Waals surface area contributed by atoms with Crippen molar-refractivity contribution in [2.75, 3.05) is 0 Å². The van der Waals surface area contributed by atoms with Crippen molar-refractivity contribution in [2.24, 2.45) is 17.3 Å². The van der Waals surface area contributed by atoms with Gasteiger partial charge < -0.3 is 0 Å². The molecule has 0 aliphatic heterocycles. The minimum Gasteiger partial charge on any atom is -0.0654 e. The van der Waals surface area contributed by atoms with Gasteiger partial charge in [0, 0.05) is 0 Å². The van der Waals surface area contributed by atoms with E-state index in [0.29, 0.717) is 5.41 Å². The van der Waals surface area contributed by atoms with Crippen LogP contribution in [0.25, 0.3) is 0 Å². The maximum atomic E-state index is 2.58. The van der Waals surface area contributed by atoms with Crippen LogP contribution in [0.4, 0.5) is 0 Å². The fourth-order valence-corrected chi connectivity index (χ4v) is 18.6. The number of rotatable bonds is 96. The molecule has 0 saturated carbocycles. The van der Waals surface area contributed by atoms with Gasteiger partial charge in [-0.2, -0.15) is 0 Å². The van der Waals surface area contributed by atoms with E-state index in [1.807, 2.05) is 0 Å². The van der Waals surface area contributed by atoms with Gasteiger partial charge in [0.05, 0.1) is 0 Å². The normalized spacial score (nSPS) is 12.1. The highest BCUT2D eigenvalue weighted by molar-refractivity contribution is 4.78. The van der Waals surface area contributed by atoms with Crippen molar-refractivity contribution in [1.29, 1.82) is 0 Å². The topological polar surface area (TPSA) is 0 Å². The van der Waals surface area contributed by atoms with Crippen LogP contribution in [0.1, 0.15) is 645 Å². The summed E-state index contributed by atoms with van der Waals surface area (Å²) in [5.41, 5.74) is 0.601. The molecule has 103 heavy (non-hydrogen) atoms. The van der Waals surface area contributed by atoms with Crippen molar-refractivity contribution in [3.8, 4) is 0 Å². The van der Waals surface area contributed by atoms with Crippen LogP contribution in [0, 0.1) is 17.3 Å². The molecular weight excluding hydrogens is 1240 g/mol. The lowest BCUT2D eigenvalue weighted by molar-refractivity contribution is 0.197. The average Bonchev–Trinajstić information content (AvgIpc) is 0.907. The molecule has 0 fully saturated rings. The molecule has 0 aliphatic carbocycles. The molecule has 0 aromatic carbocycles. The third kappa shape index (κ3) is 84.3. The molecule has 0 aromatic rings. The maximum absolute atomic E-state index is 2.58. The Morgan fingerprint density at radius 1 is 0.117 bits per heavy atom. The Kier molecular flexibility index (Phi) is 92.6. The molecule has 0 N–H and O–H groups in total. The van der Waals surface area contributed by atoms with E-state index < -0.39 is 0 Å². The van der Waals surface area contributed by atoms with Crippen LogP contribution < -0.4 is 0 Å². The predicted octanol–water partition coefficient (Wildman–Crippen LogP) is 40.0. The first-order chi connectivity index (χ1) is 51.1. The first kappa shape index (κ1) is 103. The van der Waals surface area contributed by atoms with Crippen LogP contribution in [-0.2, 0) is 0 Å². The van der Waals surface area contributed by atoms with E-state index in [1.165, 1.54) is 604 Å². The summed E-state index contributed by atoms with van der Waals surface area (Å²) in [4.78, 5) is 0. The lowest BCUT2D eigenvalue weighted by atomic mass is 9.73. The summed E-state index contributed by atoms with van der Waals surface area (Å²) in [6.07, 6.45) is 140. The fourth-order valence-electron chi connectivity index (χ4n) is 18.6. The first-order valence-corrected chi connectivity index (χ1v) is 51.1. The van der Waals surface area contributed by atoms with Gasteiger partial charge >= 0.3 is 0 Å². The Morgan fingerprint density at radius 2 is 0.214 bits per heavy atom. The summed E-state index contributed by atoms with van der Waals surface area (Å²) >= 11 is 0. The third-order valence-electron chi connectivity index (χ3n) is 26.5. The summed E-state index contributed by atoms with van der Waals surface area (Å²) in [7, 11) is 0. The number of hydrogen-bond donors (Lipinski definition) is 0. The molecule has 0 saturated heterocycles. The molecule has 0 spiro atoms. The minimum absolute atomic E-state index is 0.601. The second-order valence-electron chi connectivity index (χ2n) is 36.5. The second-order valence-corrected chi connectivity index (χ2v) is 36.5. The van der Waals surface area contributed by atoms with Crippen LogP contribution in [0.2, 0.25) is 0 Å². The Morgan fingerprint density at radius 3 is 0.320 bits per heavy atom. The Bertz CT molecular complexity index is 1230. The molecular formula is C103H208. The molecule has 0 nitrogen and oxygen atoms in total. The zero-order chi connectivity index (χ0) is 74.1. The predicted molar refractivity (Wildman–Crippen MR) is 477 cm³/mol. The van der Waals surface area contributed by atoms with Gasteiger partial charge in [0.1, 0.15) is 0 Å². The highest BCUT2D eigenvalue weighted by Gasteiger charge is 2.25. The van der Waals surface area contributed by atoms with E-state index in [9.17, 15) is 0 Å². The largest absolute Gasteiger partial charge is 0.0654 e. The van der Waals surface area contributed by atoms with Crippen LogP contribution in [0.5, 0.6) is 0 Å². The van der Waals surface area contributed by atoms with Gasteiger partial charge in [0.25, 0.3) is 0 Å². The van der Waals surface area contributed by atoms with Gasteiger partial charge in [-0.15, -0.1) is 0 Å². The molecule has 0 bridgehead atoms. The molecule has 0 radical (unpaired) electrons. The van der Waals surface area contributed by atoms with Crippen LogP contribution in [-0.4, -0.2) is 0 Å². The van der Waals surface area contributed by atoms with Gasteiger partial charge in [-0.1, -0.05) is 632 Å². The van der Waals surface area contributed by atoms with Gasteiger partial charge in [-0.05, 0) is 30.1 Å². The highest BCUT2D eigenvalue weighted by atomic mass is 14.3. The van der Waals surface area contributed by atoms with E-state index in [1.54, 1.807) is 0 Å². The van der Waals surface area contributed by atoms with Gasteiger partial charge in [0.2, 0.25) is 0 Å². The second kappa shape index (κ2) is 92.6. The average molecular weight is 1450 g/mol. The lowest BCUT2D eigenvalue weighted by Gasteiger charge is -2.32. The third-order valence-corrected chi connectivity index (χ3v) is 26.5. The van der Waals surface area contributed by atoms with Crippen molar-refractivity contribution in [2.45, 2.75) is 645 Å². The molecule has 0 rings (SSSR count). The standard InChI is InChI=1S/C103H208/c1-7-13-17-21-25-29-33-37-41-45-49-53-57-61-65-69-73-77-81-85-93-101(94-86-82-78-74-70-66-62-58-54-50-46-42-38-34-30-26-22-18-14-8-2)97-89-91-99-103(11-5,12-6)100-92-90-98-102(95-87-83-79-75-71-67-63-59-55-51-47-43-39-35-31-27-23-19-15-9-3)96-88-84-80-76-72-68-64-60-56-52-48-44-40-36-32-28-24-20-16-10-4/h101-102H,7-100H2,1-6H3. The number of hydrogen-bond acceptors (Lipinski definition) is 0. The van der Waals surface area contributed by atoms with E-state index in [4.69, 9.17) is 0 Å². The molecule has 0 heteroatoms. The quantitative estimate of drug-likeness (QED) is 0.0533. The van der Waals surface area contributed by atoms with Crippen LogP contribution >= 0.6 is 0 Å². The van der Waals surface area contributed by atoms with Crippen molar-refractivity contribution in [3.05, 3.63) is 0 Å². The van der Waals surface area contributed by atoms with Gasteiger partial charge in [0.15, 0.2) is 0 Å². The van der Waals surface area contributed by atoms with Crippen molar-refractivity contribution in [3.63, 3.8) is 0 Å².